The zero-order valence-electron chi connectivity index (χ0n) is 16.4. The van der Waals surface area contributed by atoms with Gasteiger partial charge in [-0.15, -0.1) is 0 Å². The Morgan fingerprint density at radius 1 is 0.429 bits per heavy atom. The van der Waals surface area contributed by atoms with Gasteiger partial charge >= 0.3 is 0 Å². The molecule has 0 N–H and O–H groups in total. The largest absolute Gasteiger partial charge is 0.497 e. The Kier molecular flexibility index (Phi) is 6.53. The third-order valence-corrected chi connectivity index (χ3v) is 4.35. The first kappa shape index (κ1) is 19.3. The lowest BCUT2D eigenvalue weighted by Gasteiger charge is -2.05. The number of hydrogen-bond donors (Lipinski definition) is 0. The normalized spacial score (nSPS) is 11.1. The SMILES string of the molecule is COc1ccc(/C=C/c2cc(/C=C/c3ccc(OC)cc3)cc(OC)c2)cc1. The van der Waals surface area contributed by atoms with Gasteiger partial charge in [0.25, 0.3) is 0 Å². The summed E-state index contributed by atoms with van der Waals surface area (Å²) in [6.45, 7) is 0. The molecule has 0 aliphatic rings. The van der Waals surface area contributed by atoms with Crippen LogP contribution >= 0.6 is 0 Å². The summed E-state index contributed by atoms with van der Waals surface area (Å²) < 4.78 is 15.9. The summed E-state index contributed by atoms with van der Waals surface area (Å²) in [6.07, 6.45) is 8.31. The lowest BCUT2D eigenvalue weighted by Crippen LogP contribution is -1.86. The summed E-state index contributed by atoms with van der Waals surface area (Å²) in [4.78, 5) is 0. The summed E-state index contributed by atoms with van der Waals surface area (Å²) in [5.74, 6) is 2.53. The molecular weight excluding hydrogens is 348 g/mol. The van der Waals surface area contributed by atoms with Crippen LogP contribution in [0.15, 0.2) is 66.7 Å². The van der Waals surface area contributed by atoms with Gasteiger partial charge in [0.1, 0.15) is 17.2 Å². The van der Waals surface area contributed by atoms with E-state index in [0.717, 1.165) is 39.5 Å². The van der Waals surface area contributed by atoms with Gasteiger partial charge in [-0.25, -0.2) is 0 Å². The van der Waals surface area contributed by atoms with Crippen molar-refractivity contribution in [3.8, 4) is 17.2 Å². The molecule has 0 saturated heterocycles. The van der Waals surface area contributed by atoms with E-state index in [0.29, 0.717) is 0 Å². The van der Waals surface area contributed by atoms with E-state index < -0.39 is 0 Å². The molecule has 28 heavy (non-hydrogen) atoms. The highest BCUT2D eigenvalue weighted by Gasteiger charge is 1.99. The van der Waals surface area contributed by atoms with E-state index in [2.05, 4.69) is 30.4 Å². The lowest BCUT2D eigenvalue weighted by molar-refractivity contribution is 0.414. The molecule has 3 nitrogen and oxygen atoms in total. The van der Waals surface area contributed by atoms with Crippen LogP contribution in [0.1, 0.15) is 22.3 Å². The first-order valence-electron chi connectivity index (χ1n) is 9.03. The summed E-state index contributed by atoms with van der Waals surface area (Å²) in [6, 6.07) is 22.1. The molecule has 3 aromatic carbocycles. The summed E-state index contributed by atoms with van der Waals surface area (Å²) in [7, 11) is 5.02. The van der Waals surface area contributed by atoms with Crippen LogP contribution in [0.3, 0.4) is 0 Å². The van der Waals surface area contributed by atoms with E-state index in [1.54, 1.807) is 21.3 Å². The average molecular weight is 372 g/mol. The van der Waals surface area contributed by atoms with Crippen LogP contribution < -0.4 is 14.2 Å². The maximum atomic E-state index is 5.46. The van der Waals surface area contributed by atoms with Gasteiger partial charge in [0, 0.05) is 0 Å². The molecule has 0 spiro atoms. The Morgan fingerprint density at radius 3 is 1.14 bits per heavy atom. The fraction of sp³-hybridized carbons (Fsp3) is 0.120. The van der Waals surface area contributed by atoms with Gasteiger partial charge in [-0.3, -0.25) is 0 Å². The molecule has 0 bridgehead atoms. The maximum Gasteiger partial charge on any atom is 0.120 e. The third-order valence-electron chi connectivity index (χ3n) is 4.35. The highest BCUT2D eigenvalue weighted by molar-refractivity contribution is 5.75. The van der Waals surface area contributed by atoms with E-state index in [1.807, 2.05) is 60.7 Å². The second-order valence-corrected chi connectivity index (χ2v) is 6.25. The van der Waals surface area contributed by atoms with Gasteiger partial charge in [0.15, 0.2) is 0 Å². The van der Waals surface area contributed by atoms with Crippen molar-refractivity contribution in [3.63, 3.8) is 0 Å². The van der Waals surface area contributed by atoms with E-state index in [1.165, 1.54) is 0 Å². The van der Waals surface area contributed by atoms with Gasteiger partial charge in [-0.05, 0) is 64.7 Å². The van der Waals surface area contributed by atoms with Crippen LogP contribution in [0.4, 0.5) is 0 Å². The summed E-state index contributed by atoms with van der Waals surface area (Å²) in [5.41, 5.74) is 4.37. The lowest BCUT2D eigenvalue weighted by atomic mass is 10.1. The minimum absolute atomic E-state index is 0.825. The van der Waals surface area contributed by atoms with Gasteiger partial charge in [0.2, 0.25) is 0 Å². The highest BCUT2D eigenvalue weighted by Crippen LogP contribution is 2.22. The first-order chi connectivity index (χ1) is 13.7. The molecule has 0 heterocycles. The fourth-order valence-corrected chi connectivity index (χ4v) is 2.77. The topological polar surface area (TPSA) is 27.7 Å². The predicted octanol–water partition coefficient (Wildman–Crippen LogP) is 6.05. The van der Waals surface area contributed by atoms with Crippen LogP contribution in [-0.4, -0.2) is 21.3 Å². The first-order valence-corrected chi connectivity index (χ1v) is 9.03. The number of methoxy groups -OCH3 is 3. The summed E-state index contributed by atoms with van der Waals surface area (Å²) in [5, 5.41) is 0. The molecule has 0 amide bonds. The number of hydrogen-bond acceptors (Lipinski definition) is 3. The van der Waals surface area contributed by atoms with Crippen molar-refractivity contribution in [2.24, 2.45) is 0 Å². The van der Waals surface area contributed by atoms with Crippen LogP contribution in [-0.2, 0) is 0 Å². The Hall–Kier alpha value is -3.46. The number of ether oxygens (including phenoxy) is 3. The molecule has 0 radical (unpaired) electrons. The Labute approximate surface area is 166 Å². The Bertz CT molecular complexity index is 876. The zero-order valence-corrected chi connectivity index (χ0v) is 16.4. The van der Waals surface area contributed by atoms with Gasteiger partial charge in [0.05, 0.1) is 21.3 Å². The van der Waals surface area contributed by atoms with Crippen LogP contribution in [0.5, 0.6) is 17.2 Å². The summed E-state index contributed by atoms with van der Waals surface area (Å²) >= 11 is 0. The predicted molar refractivity (Wildman–Crippen MR) is 117 cm³/mol. The molecule has 0 aliphatic carbocycles. The minimum atomic E-state index is 0.825. The molecule has 0 saturated carbocycles. The van der Waals surface area contributed by atoms with Gasteiger partial charge < -0.3 is 14.2 Å². The van der Waals surface area contributed by atoms with E-state index in [-0.39, 0.29) is 0 Å². The quantitative estimate of drug-likeness (QED) is 0.472. The standard InChI is InChI=1S/C25H24O3/c1-26-23-12-8-19(9-13-23)4-6-21-16-22(18-25(17-21)28-3)7-5-20-10-14-24(27-2)15-11-20/h4-18H,1-3H3/b6-4+,7-5+. The van der Waals surface area contributed by atoms with Crippen molar-refractivity contribution in [2.45, 2.75) is 0 Å². The Balaban J connectivity index is 1.80. The molecule has 3 heteroatoms. The monoisotopic (exact) mass is 372 g/mol. The highest BCUT2D eigenvalue weighted by atomic mass is 16.5. The minimum Gasteiger partial charge on any atom is -0.497 e. The molecular formula is C25H24O3. The molecule has 3 rings (SSSR count). The van der Waals surface area contributed by atoms with E-state index >= 15 is 0 Å². The third kappa shape index (κ3) is 5.27. The Morgan fingerprint density at radius 2 is 0.786 bits per heavy atom. The van der Waals surface area contributed by atoms with E-state index in [4.69, 9.17) is 14.2 Å². The maximum absolute atomic E-state index is 5.46. The molecule has 142 valence electrons. The van der Waals surface area contributed by atoms with Crippen LogP contribution in [0, 0.1) is 0 Å². The van der Waals surface area contributed by atoms with Gasteiger partial charge in [-0.1, -0.05) is 48.6 Å². The fourth-order valence-electron chi connectivity index (χ4n) is 2.77. The second-order valence-electron chi connectivity index (χ2n) is 6.25. The van der Waals surface area contributed by atoms with Crippen molar-refractivity contribution in [2.75, 3.05) is 21.3 Å². The van der Waals surface area contributed by atoms with Crippen molar-refractivity contribution < 1.29 is 14.2 Å². The zero-order chi connectivity index (χ0) is 19.8. The molecule has 0 aliphatic heterocycles. The molecule has 0 fully saturated rings. The smallest absolute Gasteiger partial charge is 0.120 e. The molecule has 0 unspecified atom stereocenters. The molecule has 3 aromatic rings. The number of benzene rings is 3. The van der Waals surface area contributed by atoms with Crippen LogP contribution in [0.25, 0.3) is 24.3 Å². The van der Waals surface area contributed by atoms with E-state index in [9.17, 15) is 0 Å². The van der Waals surface area contributed by atoms with Crippen molar-refractivity contribution in [1.29, 1.82) is 0 Å². The van der Waals surface area contributed by atoms with Gasteiger partial charge in [-0.2, -0.15) is 0 Å². The number of rotatable bonds is 7. The van der Waals surface area contributed by atoms with Crippen LogP contribution in [0.2, 0.25) is 0 Å². The second kappa shape index (κ2) is 9.47. The van der Waals surface area contributed by atoms with Crippen molar-refractivity contribution in [1.82, 2.24) is 0 Å². The molecule has 0 atom stereocenters. The average Bonchev–Trinajstić information content (AvgIpc) is 2.76. The van der Waals surface area contributed by atoms with Crippen molar-refractivity contribution in [3.05, 3.63) is 89.0 Å². The van der Waals surface area contributed by atoms with Crippen molar-refractivity contribution >= 4 is 24.3 Å². The molecule has 0 aromatic heterocycles.